The van der Waals surface area contributed by atoms with Gasteiger partial charge in [0.05, 0.1) is 24.6 Å². The highest BCUT2D eigenvalue weighted by molar-refractivity contribution is 5.89. The Morgan fingerprint density at radius 1 is 1.40 bits per heavy atom. The number of rotatable bonds is 3. The summed E-state index contributed by atoms with van der Waals surface area (Å²) in [5.41, 5.74) is 2.33. The lowest BCUT2D eigenvalue weighted by atomic mass is 10.1. The van der Waals surface area contributed by atoms with Crippen molar-refractivity contribution >= 4 is 11.6 Å². The summed E-state index contributed by atoms with van der Waals surface area (Å²) in [5, 5.41) is 9.00. The van der Waals surface area contributed by atoms with Crippen molar-refractivity contribution in [3.05, 3.63) is 48.5 Å². The van der Waals surface area contributed by atoms with Gasteiger partial charge in [-0.1, -0.05) is 0 Å². The molecule has 0 saturated heterocycles. The summed E-state index contributed by atoms with van der Waals surface area (Å²) in [6.07, 6.45) is 6.96. The number of methoxy groups -OCH3 is 1. The van der Waals surface area contributed by atoms with Gasteiger partial charge >= 0.3 is 5.97 Å². The van der Waals surface area contributed by atoms with Crippen LogP contribution in [-0.4, -0.2) is 32.6 Å². The van der Waals surface area contributed by atoms with Crippen LogP contribution in [0.2, 0.25) is 0 Å². The molecule has 0 atom stereocenters. The molecular formula is C14H11N3O3. The largest absolute Gasteiger partial charge is 0.496 e. The van der Waals surface area contributed by atoms with E-state index in [0.29, 0.717) is 17.1 Å². The third-order valence-electron chi connectivity index (χ3n) is 2.99. The van der Waals surface area contributed by atoms with Crippen LogP contribution in [0.25, 0.3) is 16.9 Å². The Balaban J connectivity index is 2.15. The molecule has 3 aromatic rings. The minimum Gasteiger partial charge on any atom is -0.496 e. The van der Waals surface area contributed by atoms with Crippen molar-refractivity contribution < 1.29 is 14.6 Å². The maximum Gasteiger partial charge on any atom is 0.335 e. The van der Waals surface area contributed by atoms with Gasteiger partial charge in [0, 0.05) is 24.2 Å². The second-order valence-corrected chi connectivity index (χ2v) is 4.19. The maximum atomic E-state index is 11.0. The van der Waals surface area contributed by atoms with Crippen LogP contribution in [0.3, 0.4) is 0 Å². The Labute approximate surface area is 114 Å². The van der Waals surface area contributed by atoms with Gasteiger partial charge in [-0.2, -0.15) is 0 Å². The van der Waals surface area contributed by atoms with Crippen LogP contribution in [0.4, 0.5) is 0 Å². The molecule has 0 bridgehead atoms. The first-order chi connectivity index (χ1) is 9.69. The molecule has 6 nitrogen and oxygen atoms in total. The molecule has 1 N–H and O–H groups in total. The number of carbonyl (C=O) groups is 1. The first-order valence-electron chi connectivity index (χ1n) is 5.89. The molecule has 0 spiro atoms. The molecule has 0 aliphatic heterocycles. The maximum absolute atomic E-state index is 11.0. The van der Waals surface area contributed by atoms with Gasteiger partial charge in [0.2, 0.25) is 0 Å². The number of ether oxygens (including phenoxy) is 1. The fourth-order valence-electron chi connectivity index (χ4n) is 2.01. The van der Waals surface area contributed by atoms with Gasteiger partial charge in [0.15, 0.2) is 5.65 Å². The van der Waals surface area contributed by atoms with E-state index in [-0.39, 0.29) is 5.56 Å². The number of aromatic carboxylic acids is 1. The van der Waals surface area contributed by atoms with Gasteiger partial charge in [-0.15, -0.1) is 0 Å². The Morgan fingerprint density at radius 2 is 2.25 bits per heavy atom. The molecule has 0 amide bonds. The summed E-state index contributed by atoms with van der Waals surface area (Å²) in [5.74, 6) is -0.518. The van der Waals surface area contributed by atoms with Gasteiger partial charge in [-0.05, 0) is 18.2 Å². The number of carboxylic acids is 1. The number of nitrogens with zero attached hydrogens (tertiary/aromatic N) is 3. The lowest BCUT2D eigenvalue weighted by Crippen LogP contribution is -1.98. The van der Waals surface area contributed by atoms with Crippen LogP contribution >= 0.6 is 0 Å². The predicted octanol–water partition coefficient (Wildman–Crippen LogP) is 2.10. The van der Waals surface area contributed by atoms with Crippen LogP contribution in [-0.2, 0) is 0 Å². The van der Waals surface area contributed by atoms with Crippen LogP contribution in [0, 0.1) is 0 Å². The molecule has 6 heteroatoms. The van der Waals surface area contributed by atoms with Gasteiger partial charge in [0.1, 0.15) is 5.75 Å². The van der Waals surface area contributed by atoms with E-state index in [9.17, 15) is 4.79 Å². The third kappa shape index (κ3) is 1.97. The summed E-state index contributed by atoms with van der Waals surface area (Å²) in [4.78, 5) is 19.4. The van der Waals surface area contributed by atoms with Crippen molar-refractivity contribution in [2.24, 2.45) is 0 Å². The summed E-state index contributed by atoms with van der Waals surface area (Å²) in [7, 11) is 1.50. The normalized spacial score (nSPS) is 10.7. The highest BCUT2D eigenvalue weighted by Gasteiger charge is 2.13. The molecule has 0 radical (unpaired) electrons. The fourth-order valence-corrected chi connectivity index (χ4v) is 2.01. The minimum absolute atomic E-state index is 0.177. The lowest BCUT2D eigenvalue weighted by Gasteiger charge is -2.07. The molecule has 100 valence electrons. The summed E-state index contributed by atoms with van der Waals surface area (Å²) < 4.78 is 7.10. The molecule has 20 heavy (non-hydrogen) atoms. The summed E-state index contributed by atoms with van der Waals surface area (Å²) in [6.45, 7) is 0. The second-order valence-electron chi connectivity index (χ2n) is 4.19. The lowest BCUT2D eigenvalue weighted by molar-refractivity contribution is 0.0696. The standard InChI is InChI=1S/C14H11N3O3/c1-20-12-6-9(14(18)19)2-3-10(12)11-8-17-5-4-15-7-13(17)16-11/h2-8H,1H3,(H,18,19). The van der Waals surface area contributed by atoms with E-state index in [1.165, 1.54) is 19.2 Å². The first-order valence-corrected chi connectivity index (χ1v) is 5.89. The third-order valence-corrected chi connectivity index (χ3v) is 2.99. The molecule has 3 rings (SSSR count). The average Bonchev–Trinajstić information content (AvgIpc) is 2.90. The smallest absolute Gasteiger partial charge is 0.335 e. The molecule has 2 heterocycles. The van der Waals surface area contributed by atoms with Crippen molar-refractivity contribution in [2.75, 3.05) is 7.11 Å². The SMILES string of the molecule is COc1cc(C(=O)O)ccc1-c1cn2ccncc2n1. The quantitative estimate of drug-likeness (QED) is 0.788. The summed E-state index contributed by atoms with van der Waals surface area (Å²) in [6, 6.07) is 4.71. The van der Waals surface area contributed by atoms with Gasteiger partial charge in [-0.25, -0.2) is 9.78 Å². The van der Waals surface area contributed by atoms with Gasteiger partial charge in [0.25, 0.3) is 0 Å². The van der Waals surface area contributed by atoms with E-state index in [1.807, 2.05) is 10.6 Å². The van der Waals surface area contributed by atoms with E-state index < -0.39 is 5.97 Å². The van der Waals surface area contributed by atoms with Crippen molar-refractivity contribution in [3.8, 4) is 17.0 Å². The van der Waals surface area contributed by atoms with E-state index in [0.717, 1.165) is 5.56 Å². The highest BCUT2D eigenvalue weighted by Crippen LogP contribution is 2.30. The number of aromatic nitrogens is 3. The van der Waals surface area contributed by atoms with Crippen LogP contribution in [0.15, 0.2) is 43.0 Å². The molecule has 2 aromatic heterocycles. The van der Waals surface area contributed by atoms with E-state index >= 15 is 0 Å². The van der Waals surface area contributed by atoms with Crippen LogP contribution in [0.1, 0.15) is 10.4 Å². The molecule has 0 fully saturated rings. The topological polar surface area (TPSA) is 76.7 Å². The van der Waals surface area contributed by atoms with Crippen molar-refractivity contribution in [1.29, 1.82) is 0 Å². The first kappa shape index (κ1) is 12.2. The molecule has 0 unspecified atom stereocenters. The zero-order valence-electron chi connectivity index (χ0n) is 10.6. The number of benzene rings is 1. The summed E-state index contributed by atoms with van der Waals surface area (Å²) >= 11 is 0. The van der Waals surface area contributed by atoms with Crippen molar-refractivity contribution in [3.63, 3.8) is 0 Å². The Morgan fingerprint density at radius 3 is 2.95 bits per heavy atom. The molecule has 0 aliphatic rings. The number of imidazole rings is 1. The zero-order chi connectivity index (χ0) is 14.1. The fraction of sp³-hybridized carbons (Fsp3) is 0.0714. The number of fused-ring (bicyclic) bond motifs is 1. The Kier molecular flexibility index (Phi) is 2.83. The highest BCUT2D eigenvalue weighted by atomic mass is 16.5. The van der Waals surface area contributed by atoms with Crippen LogP contribution < -0.4 is 4.74 Å². The monoisotopic (exact) mass is 269 g/mol. The minimum atomic E-state index is -0.992. The molecule has 0 saturated carbocycles. The van der Waals surface area contributed by atoms with E-state index in [4.69, 9.17) is 9.84 Å². The molecule has 0 aliphatic carbocycles. The zero-order valence-corrected chi connectivity index (χ0v) is 10.6. The molecule has 1 aromatic carbocycles. The second kappa shape index (κ2) is 4.65. The van der Waals surface area contributed by atoms with Crippen molar-refractivity contribution in [2.45, 2.75) is 0 Å². The average molecular weight is 269 g/mol. The van der Waals surface area contributed by atoms with Crippen LogP contribution in [0.5, 0.6) is 5.75 Å². The van der Waals surface area contributed by atoms with Crippen molar-refractivity contribution in [1.82, 2.24) is 14.4 Å². The van der Waals surface area contributed by atoms with E-state index in [1.54, 1.807) is 24.7 Å². The Bertz CT molecular complexity index is 762. The number of hydrogen-bond donors (Lipinski definition) is 1. The van der Waals surface area contributed by atoms with Gasteiger partial charge < -0.3 is 14.2 Å². The Hall–Kier alpha value is -2.89. The van der Waals surface area contributed by atoms with Gasteiger partial charge in [-0.3, -0.25) is 4.98 Å². The number of hydrogen-bond acceptors (Lipinski definition) is 4. The van der Waals surface area contributed by atoms with E-state index in [2.05, 4.69) is 9.97 Å². The predicted molar refractivity (Wildman–Crippen MR) is 71.9 cm³/mol. The number of carboxylic acid groups (broad SMARTS) is 1. The molecular weight excluding hydrogens is 258 g/mol.